The number of hydrogen-bond donors (Lipinski definition) is 0. The molecule has 1 aliphatic rings. The number of aromatic nitrogens is 2. The van der Waals surface area contributed by atoms with Crippen LogP contribution in [-0.4, -0.2) is 55.1 Å². The first-order chi connectivity index (χ1) is 12.4. The first-order valence-corrected chi connectivity index (χ1v) is 9.59. The van der Waals surface area contributed by atoms with Gasteiger partial charge in [0.15, 0.2) is 0 Å². The van der Waals surface area contributed by atoms with E-state index in [9.17, 15) is 0 Å². The molecule has 0 N–H and O–H groups in total. The molecule has 3 rings (SSSR count). The summed E-state index contributed by atoms with van der Waals surface area (Å²) in [4.78, 5) is 15.7. The number of likely N-dealkylation sites (N-methyl/N-ethyl adjacent to an activating group) is 1. The van der Waals surface area contributed by atoms with Gasteiger partial charge in [-0.2, -0.15) is 4.98 Å². The molecule has 1 aromatic heterocycles. The summed E-state index contributed by atoms with van der Waals surface area (Å²) in [5, 5.41) is 1.50. The lowest BCUT2D eigenvalue weighted by Gasteiger charge is -2.38. The van der Waals surface area contributed by atoms with Gasteiger partial charge in [-0.1, -0.05) is 23.2 Å². The summed E-state index contributed by atoms with van der Waals surface area (Å²) < 4.78 is 0. The Morgan fingerprint density at radius 2 is 2.00 bits per heavy atom. The Bertz CT molecular complexity index is 752. The molecule has 1 saturated heterocycles. The van der Waals surface area contributed by atoms with Gasteiger partial charge in [0.1, 0.15) is 5.82 Å². The third kappa shape index (κ3) is 4.58. The number of nitrogens with zero attached hydrogens (tertiary/aromatic N) is 5. The summed E-state index contributed by atoms with van der Waals surface area (Å²) in [6.45, 7) is 2.82. The van der Waals surface area contributed by atoms with Crippen LogP contribution in [0.15, 0.2) is 30.5 Å². The van der Waals surface area contributed by atoms with Crippen molar-refractivity contribution in [2.24, 2.45) is 0 Å². The highest BCUT2D eigenvalue weighted by molar-refractivity contribution is 6.33. The largest absolute Gasteiger partial charge is 0.363 e. The number of piperidine rings is 1. The van der Waals surface area contributed by atoms with E-state index in [1.807, 2.05) is 49.5 Å². The minimum atomic E-state index is 0.374. The van der Waals surface area contributed by atoms with Gasteiger partial charge in [-0.05, 0) is 49.2 Å². The Kier molecular flexibility index (Phi) is 6.22. The molecule has 1 atom stereocenters. The number of halogens is 2. The SMILES string of the molecule is CN(C)c1ccnc(N(C)C2CCCN(Cc3cc(Cl)ccc3Cl)C2)n1. The fourth-order valence-corrected chi connectivity index (χ4v) is 3.69. The van der Waals surface area contributed by atoms with Crippen LogP contribution in [0.1, 0.15) is 18.4 Å². The zero-order valence-corrected chi connectivity index (χ0v) is 17.0. The molecule has 5 nitrogen and oxygen atoms in total. The Labute approximate surface area is 165 Å². The topological polar surface area (TPSA) is 35.5 Å². The van der Waals surface area contributed by atoms with Crippen LogP contribution in [0.5, 0.6) is 0 Å². The lowest BCUT2D eigenvalue weighted by atomic mass is 10.0. The zero-order valence-electron chi connectivity index (χ0n) is 15.5. The molecule has 1 unspecified atom stereocenters. The Hall–Kier alpha value is -1.56. The molecule has 140 valence electrons. The Morgan fingerprint density at radius 3 is 2.77 bits per heavy atom. The third-order valence-electron chi connectivity index (χ3n) is 4.83. The molecule has 26 heavy (non-hydrogen) atoms. The molecular weight excluding hydrogens is 369 g/mol. The van der Waals surface area contributed by atoms with Crippen LogP contribution < -0.4 is 9.80 Å². The molecule has 1 aliphatic heterocycles. The Balaban J connectivity index is 1.69. The monoisotopic (exact) mass is 393 g/mol. The van der Waals surface area contributed by atoms with Gasteiger partial charge in [-0.15, -0.1) is 0 Å². The van der Waals surface area contributed by atoms with Crippen molar-refractivity contribution in [2.45, 2.75) is 25.4 Å². The average molecular weight is 394 g/mol. The predicted octanol–water partition coefficient (Wildman–Crippen LogP) is 3.95. The zero-order chi connectivity index (χ0) is 18.7. The number of rotatable bonds is 5. The third-order valence-corrected chi connectivity index (χ3v) is 5.44. The molecule has 0 saturated carbocycles. The van der Waals surface area contributed by atoms with E-state index in [2.05, 4.69) is 26.8 Å². The standard InChI is InChI=1S/C19H25Cl2N5/c1-24(2)18-8-9-22-19(23-18)25(3)16-5-4-10-26(13-16)12-14-11-15(20)6-7-17(14)21/h6-9,11,16H,4-5,10,12-13H2,1-3H3. The normalized spacial score (nSPS) is 18.0. The molecule has 0 aliphatic carbocycles. The van der Waals surface area contributed by atoms with Gasteiger partial charge >= 0.3 is 0 Å². The van der Waals surface area contributed by atoms with Crippen molar-refractivity contribution < 1.29 is 0 Å². The number of anilines is 2. The second kappa shape index (κ2) is 8.42. The maximum Gasteiger partial charge on any atom is 0.227 e. The van der Waals surface area contributed by atoms with Gasteiger partial charge in [0.05, 0.1) is 0 Å². The van der Waals surface area contributed by atoms with Crippen molar-refractivity contribution in [1.29, 1.82) is 0 Å². The van der Waals surface area contributed by atoms with Gasteiger partial charge in [-0.25, -0.2) is 4.98 Å². The van der Waals surface area contributed by atoms with Crippen molar-refractivity contribution in [3.05, 3.63) is 46.1 Å². The van der Waals surface area contributed by atoms with Crippen LogP contribution in [0.4, 0.5) is 11.8 Å². The molecule has 0 amide bonds. The lowest BCUT2D eigenvalue weighted by Crippen LogP contribution is -2.46. The first kappa shape index (κ1) is 19.2. The van der Waals surface area contributed by atoms with Gasteiger partial charge in [0.25, 0.3) is 0 Å². The maximum absolute atomic E-state index is 6.34. The highest BCUT2D eigenvalue weighted by Crippen LogP contribution is 2.25. The van der Waals surface area contributed by atoms with E-state index in [-0.39, 0.29) is 0 Å². The van der Waals surface area contributed by atoms with E-state index in [4.69, 9.17) is 23.2 Å². The number of hydrogen-bond acceptors (Lipinski definition) is 5. The van der Waals surface area contributed by atoms with Crippen molar-refractivity contribution in [3.8, 4) is 0 Å². The quantitative estimate of drug-likeness (QED) is 0.768. The van der Waals surface area contributed by atoms with Crippen molar-refractivity contribution >= 4 is 35.0 Å². The maximum atomic E-state index is 6.34. The van der Waals surface area contributed by atoms with Crippen LogP contribution in [0.2, 0.25) is 10.0 Å². The average Bonchev–Trinajstić information content (AvgIpc) is 2.64. The van der Waals surface area contributed by atoms with Gasteiger partial charge in [0, 0.05) is 56.5 Å². The van der Waals surface area contributed by atoms with E-state index in [0.29, 0.717) is 6.04 Å². The first-order valence-electron chi connectivity index (χ1n) is 8.83. The van der Waals surface area contributed by atoms with Gasteiger partial charge in [-0.3, -0.25) is 4.90 Å². The van der Waals surface area contributed by atoms with E-state index in [1.165, 1.54) is 0 Å². The summed E-state index contributed by atoms with van der Waals surface area (Å²) in [5.41, 5.74) is 1.08. The summed E-state index contributed by atoms with van der Waals surface area (Å²) >= 11 is 12.5. The summed E-state index contributed by atoms with van der Waals surface area (Å²) in [6, 6.07) is 7.95. The lowest BCUT2D eigenvalue weighted by molar-refractivity contribution is 0.198. The minimum Gasteiger partial charge on any atom is -0.363 e. The molecule has 0 spiro atoms. The second-order valence-corrected chi connectivity index (χ2v) is 7.83. The highest BCUT2D eigenvalue weighted by Gasteiger charge is 2.25. The molecule has 1 fully saturated rings. The minimum absolute atomic E-state index is 0.374. The fourth-order valence-electron chi connectivity index (χ4n) is 3.32. The van der Waals surface area contributed by atoms with E-state index in [0.717, 1.165) is 59.9 Å². The fraction of sp³-hybridized carbons (Fsp3) is 0.474. The van der Waals surface area contributed by atoms with E-state index >= 15 is 0 Å². The Morgan fingerprint density at radius 1 is 1.19 bits per heavy atom. The van der Waals surface area contributed by atoms with Crippen molar-refractivity contribution in [1.82, 2.24) is 14.9 Å². The molecule has 2 heterocycles. The van der Waals surface area contributed by atoms with Crippen LogP contribution in [-0.2, 0) is 6.54 Å². The molecule has 0 radical (unpaired) electrons. The van der Waals surface area contributed by atoms with E-state index in [1.54, 1.807) is 0 Å². The molecule has 7 heteroatoms. The number of likely N-dealkylation sites (tertiary alicyclic amines) is 1. The van der Waals surface area contributed by atoms with Crippen LogP contribution in [0, 0.1) is 0 Å². The summed E-state index contributed by atoms with van der Waals surface area (Å²) in [7, 11) is 6.06. The molecule has 1 aromatic carbocycles. The van der Waals surface area contributed by atoms with Crippen molar-refractivity contribution in [3.63, 3.8) is 0 Å². The molecule has 2 aromatic rings. The smallest absolute Gasteiger partial charge is 0.227 e. The predicted molar refractivity (Wildman–Crippen MR) is 110 cm³/mol. The van der Waals surface area contributed by atoms with Crippen LogP contribution in [0.25, 0.3) is 0 Å². The second-order valence-electron chi connectivity index (χ2n) is 6.99. The summed E-state index contributed by atoms with van der Waals surface area (Å²) in [6.07, 6.45) is 4.09. The van der Waals surface area contributed by atoms with Gasteiger partial charge in [0.2, 0.25) is 5.95 Å². The highest BCUT2D eigenvalue weighted by atomic mass is 35.5. The van der Waals surface area contributed by atoms with Crippen molar-refractivity contribution in [2.75, 3.05) is 44.0 Å². The summed E-state index contributed by atoms with van der Waals surface area (Å²) in [5.74, 6) is 1.68. The van der Waals surface area contributed by atoms with Crippen LogP contribution in [0.3, 0.4) is 0 Å². The van der Waals surface area contributed by atoms with Crippen LogP contribution >= 0.6 is 23.2 Å². The molecule has 0 bridgehead atoms. The van der Waals surface area contributed by atoms with Gasteiger partial charge < -0.3 is 9.80 Å². The molecular formula is C19H25Cl2N5. The number of benzene rings is 1. The van der Waals surface area contributed by atoms with E-state index < -0.39 is 0 Å².